The molecule has 0 spiro atoms. The number of rotatable bonds is 7. The number of benzene rings is 1. The maximum absolute atomic E-state index is 12.8. The van der Waals surface area contributed by atoms with Crippen molar-refractivity contribution in [1.29, 1.82) is 0 Å². The molecule has 7 N–H and O–H groups in total. The number of guanidine groups is 1. The summed E-state index contributed by atoms with van der Waals surface area (Å²) in [6.07, 6.45) is 6.65. The molecule has 2 amide bonds. The SMILES string of the molecule is NC(N)=N[C@@H](C(=O)NCC(=O)N1CCC(c2cc(-c3ccc(O)cc3Cl)n[nH]2)CC1)C1CCCCC1. The minimum Gasteiger partial charge on any atom is -0.508 e. The molecule has 1 saturated heterocycles. The first-order valence-electron chi connectivity index (χ1n) is 12.5. The van der Waals surface area contributed by atoms with Crippen molar-refractivity contribution >= 4 is 29.4 Å². The van der Waals surface area contributed by atoms with E-state index in [2.05, 4.69) is 20.5 Å². The molecule has 1 atom stereocenters. The van der Waals surface area contributed by atoms with Gasteiger partial charge < -0.3 is 26.8 Å². The van der Waals surface area contributed by atoms with Crippen molar-refractivity contribution in [1.82, 2.24) is 20.4 Å². The smallest absolute Gasteiger partial charge is 0.245 e. The van der Waals surface area contributed by atoms with Crippen LogP contribution in [0.1, 0.15) is 56.6 Å². The molecule has 2 aromatic rings. The van der Waals surface area contributed by atoms with E-state index in [9.17, 15) is 14.7 Å². The summed E-state index contributed by atoms with van der Waals surface area (Å²) in [4.78, 5) is 31.6. The maximum Gasteiger partial charge on any atom is 0.245 e. The van der Waals surface area contributed by atoms with Gasteiger partial charge in [0.25, 0.3) is 0 Å². The monoisotopic (exact) mass is 515 g/mol. The van der Waals surface area contributed by atoms with E-state index in [1.807, 2.05) is 6.07 Å². The van der Waals surface area contributed by atoms with Crippen molar-refractivity contribution < 1.29 is 14.7 Å². The van der Waals surface area contributed by atoms with Gasteiger partial charge in [-0.2, -0.15) is 5.10 Å². The molecule has 2 heterocycles. The van der Waals surface area contributed by atoms with Crippen LogP contribution in [0.15, 0.2) is 29.3 Å². The van der Waals surface area contributed by atoms with E-state index in [1.54, 1.807) is 17.0 Å². The Kier molecular flexibility index (Phi) is 8.35. The number of carbonyl (C=O) groups is 2. The zero-order chi connectivity index (χ0) is 25.7. The summed E-state index contributed by atoms with van der Waals surface area (Å²) >= 11 is 6.25. The van der Waals surface area contributed by atoms with Gasteiger partial charge in [-0.05, 0) is 55.9 Å². The number of carbonyl (C=O) groups excluding carboxylic acids is 2. The minimum atomic E-state index is -0.648. The van der Waals surface area contributed by atoms with Gasteiger partial charge in [-0.1, -0.05) is 30.9 Å². The molecule has 4 rings (SSSR count). The van der Waals surface area contributed by atoms with Crippen LogP contribution < -0.4 is 16.8 Å². The number of phenols is 1. The van der Waals surface area contributed by atoms with E-state index in [-0.39, 0.29) is 41.9 Å². The third kappa shape index (κ3) is 6.29. The number of H-pyrrole nitrogens is 1. The number of aromatic amines is 1. The number of phenolic OH excluding ortho intramolecular Hbond substituents is 1. The quantitative estimate of drug-likeness (QED) is 0.281. The Hall–Kier alpha value is -3.27. The van der Waals surface area contributed by atoms with Crippen LogP contribution in [0.2, 0.25) is 5.02 Å². The van der Waals surface area contributed by atoms with Crippen LogP contribution in [-0.4, -0.2) is 63.7 Å². The number of aromatic nitrogens is 2. The van der Waals surface area contributed by atoms with Crippen molar-refractivity contribution in [3.05, 3.63) is 35.0 Å². The molecule has 2 aliphatic rings. The van der Waals surface area contributed by atoms with Crippen LogP contribution >= 0.6 is 11.6 Å². The topological polar surface area (TPSA) is 163 Å². The number of likely N-dealkylation sites (tertiary alicyclic amines) is 1. The molecular weight excluding hydrogens is 482 g/mol. The van der Waals surface area contributed by atoms with Crippen molar-refractivity contribution in [3.8, 4) is 17.0 Å². The minimum absolute atomic E-state index is 0.0692. The Morgan fingerprint density at radius 3 is 2.56 bits per heavy atom. The summed E-state index contributed by atoms with van der Waals surface area (Å²) in [5.74, 6) is -0.0791. The molecule has 1 aromatic carbocycles. The van der Waals surface area contributed by atoms with E-state index in [1.165, 1.54) is 6.07 Å². The zero-order valence-electron chi connectivity index (χ0n) is 20.3. The van der Waals surface area contributed by atoms with Crippen LogP contribution in [0.5, 0.6) is 5.75 Å². The van der Waals surface area contributed by atoms with E-state index in [4.69, 9.17) is 23.1 Å². The van der Waals surface area contributed by atoms with Gasteiger partial charge in [0, 0.05) is 30.3 Å². The molecule has 11 heteroatoms. The number of aliphatic imine (C=N–C) groups is 1. The second-order valence-electron chi connectivity index (χ2n) is 9.64. The third-order valence-corrected chi connectivity index (χ3v) is 7.49. The third-order valence-electron chi connectivity index (χ3n) is 7.18. The number of aromatic hydroxyl groups is 1. The lowest BCUT2D eigenvalue weighted by atomic mass is 9.83. The van der Waals surface area contributed by atoms with Crippen molar-refractivity contribution in [3.63, 3.8) is 0 Å². The van der Waals surface area contributed by atoms with Gasteiger partial charge in [-0.15, -0.1) is 0 Å². The van der Waals surface area contributed by atoms with Gasteiger partial charge in [0.05, 0.1) is 17.3 Å². The molecule has 1 saturated carbocycles. The van der Waals surface area contributed by atoms with E-state index in [0.29, 0.717) is 23.8 Å². The van der Waals surface area contributed by atoms with Crippen LogP contribution in [0.25, 0.3) is 11.3 Å². The number of halogens is 1. The fraction of sp³-hybridized carbons (Fsp3) is 0.520. The Morgan fingerprint density at radius 2 is 1.89 bits per heavy atom. The number of hydrogen-bond donors (Lipinski definition) is 5. The first kappa shape index (κ1) is 25.8. The molecule has 1 aliphatic carbocycles. The molecule has 0 radical (unpaired) electrons. The largest absolute Gasteiger partial charge is 0.508 e. The van der Waals surface area contributed by atoms with Crippen LogP contribution in [0.4, 0.5) is 0 Å². The van der Waals surface area contributed by atoms with Gasteiger partial charge in [0.2, 0.25) is 11.8 Å². The Bertz CT molecular complexity index is 1100. The van der Waals surface area contributed by atoms with Crippen molar-refractivity contribution in [2.45, 2.75) is 56.9 Å². The van der Waals surface area contributed by atoms with Gasteiger partial charge in [-0.25, -0.2) is 4.99 Å². The van der Waals surface area contributed by atoms with E-state index >= 15 is 0 Å². The molecule has 36 heavy (non-hydrogen) atoms. The molecule has 194 valence electrons. The summed E-state index contributed by atoms with van der Waals surface area (Å²) < 4.78 is 0. The highest BCUT2D eigenvalue weighted by atomic mass is 35.5. The van der Waals surface area contributed by atoms with Crippen molar-refractivity contribution in [2.75, 3.05) is 19.6 Å². The number of nitrogens with zero attached hydrogens (tertiary/aromatic N) is 3. The first-order chi connectivity index (χ1) is 17.3. The highest BCUT2D eigenvalue weighted by Gasteiger charge is 2.31. The first-order valence-corrected chi connectivity index (χ1v) is 12.9. The normalized spacial score (nSPS) is 18.0. The molecule has 2 fully saturated rings. The molecular formula is C25H34ClN7O3. The molecule has 0 bridgehead atoms. The fourth-order valence-corrected chi connectivity index (χ4v) is 5.47. The summed E-state index contributed by atoms with van der Waals surface area (Å²) in [7, 11) is 0. The average molecular weight is 516 g/mol. The number of hydrogen-bond acceptors (Lipinski definition) is 5. The summed E-state index contributed by atoms with van der Waals surface area (Å²) in [6, 6.07) is 6.12. The van der Waals surface area contributed by atoms with Gasteiger partial charge in [-0.3, -0.25) is 14.7 Å². The standard InChI is InChI=1S/C25H34ClN7O3/c26-19-12-17(34)6-7-18(19)21-13-20(31-32-21)15-8-10-33(11-9-15)22(35)14-29-24(36)23(30-25(27)28)16-4-2-1-3-5-16/h6-7,12-13,15-16,23,34H,1-5,8-11,14H2,(H,29,36)(H,31,32)(H4,27,28,30)/t23-/m1/s1. The van der Waals surface area contributed by atoms with Gasteiger partial charge in [0.1, 0.15) is 11.8 Å². The summed E-state index contributed by atoms with van der Waals surface area (Å²) in [5.41, 5.74) is 13.6. The number of amides is 2. The predicted molar refractivity (Wildman–Crippen MR) is 138 cm³/mol. The number of nitrogens with one attached hydrogen (secondary N) is 2. The number of piperidine rings is 1. The Morgan fingerprint density at radius 1 is 1.17 bits per heavy atom. The zero-order valence-corrected chi connectivity index (χ0v) is 21.0. The van der Waals surface area contributed by atoms with Crippen molar-refractivity contribution in [2.24, 2.45) is 22.4 Å². The van der Waals surface area contributed by atoms with Gasteiger partial charge in [0.15, 0.2) is 5.96 Å². The Labute approximate surface area is 215 Å². The molecule has 0 unspecified atom stereocenters. The lowest BCUT2D eigenvalue weighted by molar-refractivity contribution is -0.134. The van der Waals surface area contributed by atoms with Crippen LogP contribution in [-0.2, 0) is 9.59 Å². The Balaban J connectivity index is 1.28. The second-order valence-corrected chi connectivity index (χ2v) is 10.0. The van der Waals surface area contributed by atoms with Crippen LogP contribution in [0, 0.1) is 5.92 Å². The molecule has 1 aromatic heterocycles. The lowest BCUT2D eigenvalue weighted by Gasteiger charge is -2.32. The molecule has 10 nitrogen and oxygen atoms in total. The summed E-state index contributed by atoms with van der Waals surface area (Å²) in [5, 5.41) is 20.2. The van der Waals surface area contributed by atoms with Gasteiger partial charge >= 0.3 is 0 Å². The van der Waals surface area contributed by atoms with E-state index in [0.717, 1.165) is 56.2 Å². The lowest BCUT2D eigenvalue weighted by Crippen LogP contribution is -2.47. The van der Waals surface area contributed by atoms with E-state index < -0.39 is 6.04 Å². The average Bonchev–Trinajstić information content (AvgIpc) is 3.36. The highest BCUT2D eigenvalue weighted by Crippen LogP contribution is 2.33. The van der Waals surface area contributed by atoms with Crippen LogP contribution in [0.3, 0.4) is 0 Å². The predicted octanol–water partition coefficient (Wildman–Crippen LogP) is 2.48. The number of nitrogens with two attached hydrogens (primary N) is 2. The summed E-state index contributed by atoms with van der Waals surface area (Å²) in [6.45, 7) is 1.11. The highest BCUT2D eigenvalue weighted by molar-refractivity contribution is 6.33. The molecule has 1 aliphatic heterocycles. The fourth-order valence-electron chi connectivity index (χ4n) is 5.20. The maximum atomic E-state index is 12.8. The second kappa shape index (κ2) is 11.6.